The van der Waals surface area contributed by atoms with Gasteiger partial charge in [-0.25, -0.2) is 4.79 Å². The first-order valence-corrected chi connectivity index (χ1v) is 9.03. The Balaban J connectivity index is 1.92. The van der Waals surface area contributed by atoms with Gasteiger partial charge in [0.05, 0.1) is 0 Å². The van der Waals surface area contributed by atoms with E-state index >= 15 is 0 Å². The van der Waals surface area contributed by atoms with Gasteiger partial charge in [0.2, 0.25) is 5.91 Å². The second-order valence-corrected chi connectivity index (χ2v) is 7.95. The van der Waals surface area contributed by atoms with Crippen LogP contribution in [0.3, 0.4) is 0 Å². The first kappa shape index (κ1) is 19.3. The van der Waals surface area contributed by atoms with Crippen molar-refractivity contribution in [1.82, 2.24) is 10.2 Å². The molecule has 0 bridgehead atoms. The molecule has 25 heavy (non-hydrogen) atoms. The number of nitrogens with zero attached hydrogens (tertiary/aromatic N) is 1. The third kappa shape index (κ3) is 5.48. The lowest BCUT2D eigenvalue weighted by molar-refractivity contribution is -0.125. The summed E-state index contributed by atoms with van der Waals surface area (Å²) in [4.78, 5) is 26.3. The van der Waals surface area contributed by atoms with Gasteiger partial charge in [0.25, 0.3) is 0 Å². The minimum atomic E-state index is -0.557. The number of rotatable bonds is 4. The standard InChI is InChI=1S/C20H30N2O3/c1-14(2)16-10-8-15(9-11-16)13-21-18(23)17-7-6-12-22(17)19(24)25-20(3,4)5/h8-11,14,17H,6-7,12-13H2,1-5H3,(H,21,23)/t17-/m0/s1. The van der Waals surface area contributed by atoms with Crippen molar-refractivity contribution >= 4 is 12.0 Å². The Morgan fingerprint density at radius 3 is 2.44 bits per heavy atom. The molecule has 2 amide bonds. The molecule has 0 saturated carbocycles. The molecule has 0 aliphatic carbocycles. The number of likely N-dealkylation sites (tertiary alicyclic amines) is 1. The van der Waals surface area contributed by atoms with Crippen molar-refractivity contribution in [2.24, 2.45) is 0 Å². The minimum Gasteiger partial charge on any atom is -0.444 e. The summed E-state index contributed by atoms with van der Waals surface area (Å²) in [7, 11) is 0. The highest BCUT2D eigenvalue weighted by Crippen LogP contribution is 2.21. The van der Waals surface area contributed by atoms with Gasteiger partial charge in [0.15, 0.2) is 0 Å². The van der Waals surface area contributed by atoms with Crippen molar-refractivity contribution in [3.8, 4) is 0 Å². The predicted molar refractivity (Wildman–Crippen MR) is 98.3 cm³/mol. The Kier molecular flexibility index (Phi) is 6.09. The molecule has 2 rings (SSSR count). The Bertz CT molecular complexity index is 602. The highest BCUT2D eigenvalue weighted by atomic mass is 16.6. The summed E-state index contributed by atoms with van der Waals surface area (Å²) in [5.74, 6) is 0.376. The van der Waals surface area contributed by atoms with Gasteiger partial charge >= 0.3 is 6.09 Å². The summed E-state index contributed by atoms with van der Waals surface area (Å²) in [5, 5.41) is 2.95. The van der Waals surface area contributed by atoms with Crippen molar-refractivity contribution in [2.75, 3.05) is 6.54 Å². The van der Waals surface area contributed by atoms with Crippen LogP contribution in [0.4, 0.5) is 4.79 Å². The second-order valence-electron chi connectivity index (χ2n) is 7.95. The fourth-order valence-electron chi connectivity index (χ4n) is 2.91. The van der Waals surface area contributed by atoms with E-state index in [1.807, 2.05) is 32.9 Å². The zero-order valence-corrected chi connectivity index (χ0v) is 16.0. The summed E-state index contributed by atoms with van der Waals surface area (Å²) < 4.78 is 5.41. The molecule has 0 radical (unpaired) electrons. The van der Waals surface area contributed by atoms with E-state index in [-0.39, 0.29) is 5.91 Å². The van der Waals surface area contributed by atoms with Gasteiger partial charge in [-0.15, -0.1) is 0 Å². The Hall–Kier alpha value is -2.04. The lowest BCUT2D eigenvalue weighted by Gasteiger charge is -2.28. The van der Waals surface area contributed by atoms with Crippen molar-refractivity contribution in [2.45, 2.75) is 71.6 Å². The van der Waals surface area contributed by atoms with Crippen LogP contribution >= 0.6 is 0 Å². The van der Waals surface area contributed by atoms with Crippen molar-refractivity contribution in [3.05, 3.63) is 35.4 Å². The quantitative estimate of drug-likeness (QED) is 0.901. The number of amides is 2. The van der Waals surface area contributed by atoms with E-state index in [0.29, 0.717) is 25.4 Å². The Labute approximate surface area is 150 Å². The maximum atomic E-state index is 12.5. The van der Waals surface area contributed by atoms with E-state index in [1.54, 1.807) is 4.90 Å². The van der Waals surface area contributed by atoms with E-state index < -0.39 is 17.7 Å². The maximum Gasteiger partial charge on any atom is 0.410 e. The number of nitrogens with one attached hydrogen (secondary N) is 1. The molecule has 5 heteroatoms. The monoisotopic (exact) mass is 346 g/mol. The molecule has 0 unspecified atom stereocenters. The van der Waals surface area contributed by atoms with Crippen LogP contribution in [0.15, 0.2) is 24.3 Å². The molecule has 1 aromatic rings. The molecule has 1 aliphatic rings. The molecular weight excluding hydrogens is 316 g/mol. The van der Waals surface area contributed by atoms with Crippen LogP contribution in [0.1, 0.15) is 64.5 Å². The van der Waals surface area contributed by atoms with E-state index in [2.05, 4.69) is 31.3 Å². The van der Waals surface area contributed by atoms with Gasteiger partial charge in [-0.2, -0.15) is 0 Å². The summed E-state index contributed by atoms with van der Waals surface area (Å²) in [6.07, 6.45) is 1.09. The van der Waals surface area contributed by atoms with Crippen molar-refractivity contribution < 1.29 is 14.3 Å². The predicted octanol–water partition coefficient (Wildman–Crippen LogP) is 3.83. The normalized spacial score (nSPS) is 17.7. The minimum absolute atomic E-state index is 0.115. The highest BCUT2D eigenvalue weighted by Gasteiger charge is 2.36. The number of hydrogen-bond acceptors (Lipinski definition) is 3. The number of hydrogen-bond donors (Lipinski definition) is 1. The molecule has 1 aromatic carbocycles. The summed E-state index contributed by atoms with van der Waals surface area (Å²) in [6.45, 7) is 10.8. The first-order valence-electron chi connectivity index (χ1n) is 9.03. The van der Waals surface area contributed by atoms with Crippen LogP contribution in [0, 0.1) is 0 Å². The molecule has 0 spiro atoms. The van der Waals surface area contributed by atoms with Crippen LogP contribution in [-0.4, -0.2) is 35.1 Å². The molecule has 0 aromatic heterocycles. The lowest BCUT2D eigenvalue weighted by atomic mass is 10.0. The van der Waals surface area contributed by atoms with Gasteiger partial charge in [0.1, 0.15) is 11.6 Å². The van der Waals surface area contributed by atoms with Crippen LogP contribution in [0.2, 0.25) is 0 Å². The van der Waals surface area contributed by atoms with Gasteiger partial charge < -0.3 is 10.1 Å². The average Bonchev–Trinajstić information content (AvgIpc) is 3.01. The largest absolute Gasteiger partial charge is 0.444 e. The van der Waals surface area contributed by atoms with Crippen LogP contribution in [0.5, 0.6) is 0 Å². The molecule has 1 atom stereocenters. The molecule has 1 N–H and O–H groups in total. The second kappa shape index (κ2) is 7.89. The maximum absolute atomic E-state index is 12.5. The SMILES string of the molecule is CC(C)c1ccc(CNC(=O)[C@@H]2CCCN2C(=O)OC(C)(C)C)cc1. The van der Waals surface area contributed by atoms with E-state index in [4.69, 9.17) is 4.74 Å². The number of benzene rings is 1. The van der Waals surface area contributed by atoms with Crippen LogP contribution in [0.25, 0.3) is 0 Å². The van der Waals surface area contributed by atoms with Crippen LogP contribution in [-0.2, 0) is 16.1 Å². The molecule has 1 heterocycles. The molecule has 138 valence electrons. The van der Waals surface area contributed by atoms with Gasteiger partial charge in [-0.1, -0.05) is 38.1 Å². The number of carbonyl (C=O) groups is 2. The third-order valence-corrected chi connectivity index (χ3v) is 4.30. The van der Waals surface area contributed by atoms with Crippen molar-refractivity contribution in [3.63, 3.8) is 0 Å². The topological polar surface area (TPSA) is 58.6 Å². The zero-order valence-electron chi connectivity index (χ0n) is 16.0. The molecular formula is C20H30N2O3. The zero-order chi connectivity index (χ0) is 18.6. The molecule has 1 aliphatic heterocycles. The van der Waals surface area contributed by atoms with E-state index in [9.17, 15) is 9.59 Å². The van der Waals surface area contributed by atoms with E-state index in [1.165, 1.54) is 5.56 Å². The molecule has 5 nitrogen and oxygen atoms in total. The number of carbonyl (C=O) groups excluding carboxylic acids is 2. The lowest BCUT2D eigenvalue weighted by Crippen LogP contribution is -2.47. The summed E-state index contributed by atoms with van der Waals surface area (Å²) in [6, 6.07) is 7.82. The first-order chi connectivity index (χ1) is 11.7. The number of ether oxygens (including phenoxy) is 1. The summed E-state index contributed by atoms with van der Waals surface area (Å²) >= 11 is 0. The molecule has 1 fully saturated rings. The Morgan fingerprint density at radius 1 is 1.24 bits per heavy atom. The van der Waals surface area contributed by atoms with Crippen LogP contribution < -0.4 is 5.32 Å². The third-order valence-electron chi connectivity index (χ3n) is 4.30. The van der Waals surface area contributed by atoms with Crippen molar-refractivity contribution in [1.29, 1.82) is 0 Å². The Morgan fingerprint density at radius 2 is 1.88 bits per heavy atom. The summed E-state index contributed by atoms with van der Waals surface area (Å²) in [5.41, 5.74) is 1.78. The van der Waals surface area contributed by atoms with E-state index in [0.717, 1.165) is 12.0 Å². The van der Waals surface area contributed by atoms with Gasteiger partial charge in [-0.3, -0.25) is 9.69 Å². The fraction of sp³-hybridized carbons (Fsp3) is 0.600. The average molecular weight is 346 g/mol. The van der Waals surface area contributed by atoms with Gasteiger partial charge in [0, 0.05) is 13.1 Å². The smallest absolute Gasteiger partial charge is 0.410 e. The molecule has 1 saturated heterocycles. The van der Waals surface area contributed by atoms with Gasteiger partial charge in [-0.05, 0) is 50.7 Å². The highest BCUT2D eigenvalue weighted by molar-refractivity contribution is 5.86. The fourth-order valence-corrected chi connectivity index (χ4v) is 2.91.